The third-order valence-corrected chi connectivity index (χ3v) is 7.11. The third kappa shape index (κ3) is 5.49. The van der Waals surface area contributed by atoms with Gasteiger partial charge in [0.05, 0.1) is 32.0 Å². The molecule has 0 saturated carbocycles. The summed E-state index contributed by atoms with van der Waals surface area (Å²) in [6.07, 6.45) is -13.8. The SMILES string of the molecule is COc1cc(-c2[o+]c3cc(O)cc(O)c3cc2OC2O[C@H](CO)[C@H](O[C@@H]3O[C@H](CO)[C@H](O)[C@H]3O)[C@H](O)[C@H]2O)ccc1O. The van der Waals surface area contributed by atoms with E-state index in [1.165, 1.54) is 37.4 Å². The molecule has 2 aliphatic heterocycles. The van der Waals surface area contributed by atoms with E-state index in [0.717, 1.165) is 6.07 Å². The van der Waals surface area contributed by atoms with Crippen molar-refractivity contribution in [2.45, 2.75) is 55.3 Å². The summed E-state index contributed by atoms with van der Waals surface area (Å²) in [5, 5.41) is 91.9. The van der Waals surface area contributed by atoms with Gasteiger partial charge in [0.15, 0.2) is 17.8 Å². The number of benzene rings is 2. The van der Waals surface area contributed by atoms with Crippen LogP contribution in [0.4, 0.5) is 0 Å². The first-order chi connectivity index (χ1) is 20.1. The van der Waals surface area contributed by atoms with Crippen LogP contribution in [0.3, 0.4) is 0 Å². The lowest BCUT2D eigenvalue weighted by Gasteiger charge is -2.42. The van der Waals surface area contributed by atoms with Gasteiger partial charge < -0.3 is 69.6 Å². The van der Waals surface area contributed by atoms with Gasteiger partial charge in [0.1, 0.15) is 59.6 Å². The largest absolute Gasteiger partial charge is 0.507 e. The van der Waals surface area contributed by atoms with E-state index in [9.17, 15) is 46.0 Å². The second-order valence-electron chi connectivity index (χ2n) is 9.84. The van der Waals surface area contributed by atoms with Crippen LogP contribution < -0.4 is 9.47 Å². The van der Waals surface area contributed by atoms with Crippen molar-refractivity contribution in [1.29, 1.82) is 0 Å². The molecule has 2 aliphatic rings. The van der Waals surface area contributed by atoms with Crippen molar-refractivity contribution in [2.75, 3.05) is 20.3 Å². The summed E-state index contributed by atoms with van der Waals surface area (Å²) in [5.74, 6) is -0.860. The monoisotopic (exact) mass is 595 g/mol. The molecule has 0 amide bonds. The van der Waals surface area contributed by atoms with E-state index in [0.29, 0.717) is 5.56 Å². The number of aliphatic hydroxyl groups is 6. The normalized spacial score (nSPS) is 31.4. The number of rotatable bonds is 8. The Morgan fingerprint density at radius 3 is 2.12 bits per heavy atom. The quantitative estimate of drug-likeness (QED) is 0.144. The van der Waals surface area contributed by atoms with E-state index >= 15 is 0 Å². The Hall–Kier alpha value is -3.51. The number of phenolic OH excluding ortho intramolecular Hbond substituents is 3. The van der Waals surface area contributed by atoms with E-state index in [-0.39, 0.29) is 45.5 Å². The van der Waals surface area contributed by atoms with Crippen LogP contribution in [0.25, 0.3) is 22.3 Å². The molecule has 15 nitrogen and oxygen atoms in total. The lowest BCUT2D eigenvalue weighted by Crippen LogP contribution is -2.62. The van der Waals surface area contributed by atoms with Gasteiger partial charge in [0.2, 0.25) is 12.0 Å². The predicted molar refractivity (Wildman–Crippen MR) is 139 cm³/mol. The molecular formula is C27H31O15+. The number of aromatic hydroxyl groups is 3. The summed E-state index contributed by atoms with van der Waals surface area (Å²) in [4.78, 5) is 0. The first-order valence-electron chi connectivity index (χ1n) is 12.8. The van der Waals surface area contributed by atoms with E-state index < -0.39 is 68.5 Å². The highest BCUT2D eigenvalue weighted by atomic mass is 16.7. The van der Waals surface area contributed by atoms with Gasteiger partial charge in [0.25, 0.3) is 0 Å². The Labute approximate surface area is 237 Å². The molecule has 2 fully saturated rings. The molecule has 2 saturated heterocycles. The highest BCUT2D eigenvalue weighted by Gasteiger charge is 2.51. The van der Waals surface area contributed by atoms with Gasteiger partial charge in [-0.05, 0) is 12.1 Å². The maximum Gasteiger partial charge on any atom is 0.402 e. The summed E-state index contributed by atoms with van der Waals surface area (Å²) in [5.41, 5.74) is 0.353. The molecule has 15 heteroatoms. The molecule has 0 radical (unpaired) electrons. The van der Waals surface area contributed by atoms with E-state index in [1.54, 1.807) is 0 Å². The maximum atomic E-state index is 10.9. The minimum atomic E-state index is -1.82. The minimum absolute atomic E-state index is 0.0125. The van der Waals surface area contributed by atoms with Crippen molar-refractivity contribution in [3.05, 3.63) is 36.4 Å². The summed E-state index contributed by atoms with van der Waals surface area (Å²) < 4.78 is 33.6. The molecule has 0 aliphatic carbocycles. The molecule has 0 bridgehead atoms. The third-order valence-electron chi connectivity index (χ3n) is 7.11. The summed E-state index contributed by atoms with van der Waals surface area (Å²) in [7, 11) is 1.34. The Balaban J connectivity index is 1.47. The first-order valence-corrected chi connectivity index (χ1v) is 12.8. The van der Waals surface area contributed by atoms with Gasteiger partial charge in [-0.15, -0.1) is 0 Å². The number of hydrogen-bond acceptors (Lipinski definition) is 14. The van der Waals surface area contributed by atoms with Gasteiger partial charge in [-0.1, -0.05) is 0 Å². The molecular weight excluding hydrogens is 564 g/mol. The molecule has 3 heterocycles. The van der Waals surface area contributed by atoms with Crippen molar-refractivity contribution in [1.82, 2.24) is 0 Å². The van der Waals surface area contributed by atoms with Gasteiger partial charge >= 0.3 is 11.3 Å². The standard InChI is InChI=1S/C27H30O15/c1-37-16-4-10(2-3-13(16)31)24-17(7-12-14(32)5-11(30)6-15(12)38-24)39-26-23(36)21(34)25(19(9-29)41-26)42-27-22(35)20(33)18(8-28)40-27/h2-7,18-23,25-29,33-36H,8-9H2,1H3,(H2-,30,31,32)/p+1/t18-,19-,20+,21-,22-,23-,25+,26?,27+/m1/s1. The second kappa shape index (κ2) is 12.0. The summed E-state index contributed by atoms with van der Waals surface area (Å²) >= 11 is 0. The fraction of sp³-hybridized carbons (Fsp3) is 0.444. The molecule has 9 atom stereocenters. The van der Waals surface area contributed by atoms with E-state index in [2.05, 4.69) is 0 Å². The van der Waals surface area contributed by atoms with Gasteiger partial charge in [-0.3, -0.25) is 0 Å². The van der Waals surface area contributed by atoms with Crippen LogP contribution in [0.1, 0.15) is 0 Å². The zero-order valence-corrected chi connectivity index (χ0v) is 22.0. The Morgan fingerprint density at radius 2 is 1.45 bits per heavy atom. The average molecular weight is 596 g/mol. The van der Waals surface area contributed by atoms with Crippen LogP contribution in [0.5, 0.6) is 28.7 Å². The van der Waals surface area contributed by atoms with E-state index in [1.807, 2.05) is 0 Å². The molecule has 1 aromatic heterocycles. The lowest BCUT2D eigenvalue weighted by molar-refractivity contribution is -0.315. The van der Waals surface area contributed by atoms with Crippen LogP contribution in [-0.4, -0.2) is 122 Å². The number of fused-ring (bicyclic) bond motifs is 1. The van der Waals surface area contributed by atoms with Crippen LogP contribution in [-0.2, 0) is 14.2 Å². The fourth-order valence-corrected chi connectivity index (χ4v) is 4.87. The van der Waals surface area contributed by atoms with Crippen molar-refractivity contribution in [3.8, 4) is 40.1 Å². The predicted octanol–water partition coefficient (Wildman–Crippen LogP) is -0.852. The first kappa shape index (κ1) is 30.0. The Morgan fingerprint density at radius 1 is 0.762 bits per heavy atom. The molecule has 42 heavy (non-hydrogen) atoms. The number of phenols is 3. The van der Waals surface area contributed by atoms with Gasteiger partial charge in [-0.2, -0.15) is 0 Å². The topological polar surface area (TPSA) is 240 Å². The Kier molecular flexibility index (Phi) is 8.56. The van der Waals surface area contributed by atoms with Gasteiger partial charge in [0, 0.05) is 18.2 Å². The lowest BCUT2D eigenvalue weighted by atomic mass is 9.98. The van der Waals surface area contributed by atoms with Crippen LogP contribution in [0.15, 0.2) is 40.8 Å². The highest BCUT2D eigenvalue weighted by Crippen LogP contribution is 2.42. The minimum Gasteiger partial charge on any atom is -0.507 e. The second-order valence-corrected chi connectivity index (χ2v) is 9.84. The number of hydrogen-bond donors (Lipinski definition) is 9. The summed E-state index contributed by atoms with van der Waals surface area (Å²) in [6.45, 7) is -1.36. The molecule has 3 aromatic rings. The number of methoxy groups -OCH3 is 1. The zero-order valence-electron chi connectivity index (χ0n) is 22.0. The molecule has 0 spiro atoms. The Bertz CT molecular complexity index is 1410. The zero-order chi connectivity index (χ0) is 30.3. The van der Waals surface area contributed by atoms with Crippen molar-refractivity contribution >= 4 is 11.0 Å². The maximum absolute atomic E-state index is 10.9. The van der Waals surface area contributed by atoms with Crippen LogP contribution in [0.2, 0.25) is 0 Å². The number of aliphatic hydroxyl groups excluding tert-OH is 6. The molecule has 9 N–H and O–H groups in total. The smallest absolute Gasteiger partial charge is 0.402 e. The fourth-order valence-electron chi connectivity index (χ4n) is 4.87. The van der Waals surface area contributed by atoms with Crippen LogP contribution in [0, 0.1) is 0 Å². The average Bonchev–Trinajstić information content (AvgIpc) is 3.24. The van der Waals surface area contributed by atoms with Crippen LogP contribution >= 0.6 is 0 Å². The molecule has 1 unspecified atom stereocenters. The molecule has 2 aromatic carbocycles. The van der Waals surface area contributed by atoms with Crippen molar-refractivity contribution < 1.29 is 74.1 Å². The summed E-state index contributed by atoms with van der Waals surface area (Å²) in [6, 6.07) is 7.87. The van der Waals surface area contributed by atoms with Gasteiger partial charge in [-0.25, -0.2) is 4.42 Å². The molecule has 228 valence electrons. The molecule has 5 rings (SSSR count). The van der Waals surface area contributed by atoms with Crippen molar-refractivity contribution in [3.63, 3.8) is 0 Å². The van der Waals surface area contributed by atoms with E-state index in [4.69, 9.17) is 28.1 Å². The highest BCUT2D eigenvalue weighted by molar-refractivity contribution is 5.88. The van der Waals surface area contributed by atoms with Crippen molar-refractivity contribution in [2.24, 2.45) is 0 Å². The number of ether oxygens (including phenoxy) is 5.